The van der Waals surface area contributed by atoms with Crippen LogP contribution in [0.2, 0.25) is 0 Å². The minimum absolute atomic E-state index is 0.0137. The molecule has 0 bridgehead atoms. The summed E-state index contributed by atoms with van der Waals surface area (Å²) in [4.78, 5) is 12.7. The molecule has 0 saturated heterocycles. The maximum Gasteiger partial charge on any atom is 0.262 e. The molecule has 190 valence electrons. The number of rotatable bonds is 10. The highest BCUT2D eigenvalue weighted by Gasteiger charge is 2.13. The molecular formula is C32H27BrN2O3. The van der Waals surface area contributed by atoms with Crippen molar-refractivity contribution in [1.29, 1.82) is 5.26 Å². The Morgan fingerprint density at radius 3 is 2.47 bits per heavy atom. The second-order valence-electron chi connectivity index (χ2n) is 8.65. The van der Waals surface area contributed by atoms with E-state index in [2.05, 4.69) is 58.2 Å². The van der Waals surface area contributed by atoms with Crippen LogP contribution in [0.15, 0.2) is 102 Å². The van der Waals surface area contributed by atoms with Crippen molar-refractivity contribution in [3.8, 4) is 17.6 Å². The number of nitriles is 1. The lowest BCUT2D eigenvalue weighted by atomic mass is 10.0. The molecule has 0 atom stereocenters. The predicted molar refractivity (Wildman–Crippen MR) is 155 cm³/mol. The van der Waals surface area contributed by atoms with E-state index >= 15 is 0 Å². The van der Waals surface area contributed by atoms with Crippen molar-refractivity contribution in [2.24, 2.45) is 0 Å². The molecule has 0 fully saturated rings. The highest BCUT2D eigenvalue weighted by Crippen LogP contribution is 2.33. The molecule has 4 aromatic rings. The van der Waals surface area contributed by atoms with E-state index in [-0.39, 0.29) is 5.57 Å². The Labute approximate surface area is 231 Å². The number of fused-ring (bicyclic) bond motifs is 1. The van der Waals surface area contributed by atoms with Gasteiger partial charge in [-0.05, 0) is 91.8 Å². The number of nitrogens with one attached hydrogen (secondary N) is 1. The van der Waals surface area contributed by atoms with Gasteiger partial charge in [-0.15, -0.1) is 6.58 Å². The second kappa shape index (κ2) is 12.8. The number of allylic oxidation sites excluding steroid dienone is 1. The van der Waals surface area contributed by atoms with Gasteiger partial charge >= 0.3 is 0 Å². The number of carbonyl (C=O) groups is 1. The van der Waals surface area contributed by atoms with Gasteiger partial charge in [-0.3, -0.25) is 4.79 Å². The standard InChI is InChI=1S/C32H27BrN2O3/c1-3-6-27-16-24(17-28(19-34)32(36)35-20-22-10-13-29(37-2)14-11-22)18-30(33)31(27)38-21-23-9-12-25-7-4-5-8-26(25)15-23/h3-5,7-18H,1,6,20-21H2,2H3,(H,35,36)/b28-17-. The van der Waals surface area contributed by atoms with Crippen molar-refractivity contribution in [1.82, 2.24) is 5.32 Å². The molecule has 4 rings (SSSR count). The third-order valence-corrected chi connectivity index (χ3v) is 6.58. The molecule has 0 aliphatic rings. The minimum atomic E-state index is -0.443. The highest BCUT2D eigenvalue weighted by molar-refractivity contribution is 9.10. The van der Waals surface area contributed by atoms with E-state index in [0.717, 1.165) is 32.3 Å². The number of benzene rings is 4. The Hall–Kier alpha value is -4.34. The molecule has 6 heteroatoms. The van der Waals surface area contributed by atoms with Gasteiger partial charge in [-0.1, -0.05) is 54.6 Å². The SMILES string of the molecule is C=CCc1cc(/C=C(/C#N)C(=O)NCc2ccc(OC)cc2)cc(Br)c1OCc1ccc2ccccc2c1. The summed E-state index contributed by atoms with van der Waals surface area (Å²) in [5.41, 5.74) is 3.59. The van der Waals surface area contributed by atoms with Crippen LogP contribution in [-0.4, -0.2) is 13.0 Å². The first-order valence-corrected chi connectivity index (χ1v) is 12.9. The summed E-state index contributed by atoms with van der Waals surface area (Å²) in [6.45, 7) is 4.57. The van der Waals surface area contributed by atoms with Gasteiger partial charge in [0.15, 0.2) is 0 Å². The molecular weight excluding hydrogens is 540 g/mol. The van der Waals surface area contributed by atoms with E-state index in [1.54, 1.807) is 19.3 Å². The zero-order chi connectivity index (χ0) is 26.9. The number of hydrogen-bond donors (Lipinski definition) is 1. The predicted octanol–water partition coefficient (Wildman–Crippen LogP) is 7.14. The average molecular weight is 567 g/mol. The van der Waals surface area contributed by atoms with Gasteiger partial charge in [0.2, 0.25) is 0 Å². The van der Waals surface area contributed by atoms with Crippen molar-refractivity contribution in [2.45, 2.75) is 19.6 Å². The summed E-state index contributed by atoms with van der Waals surface area (Å²) in [5, 5.41) is 14.8. The Morgan fingerprint density at radius 1 is 1.03 bits per heavy atom. The normalized spacial score (nSPS) is 11.0. The Kier molecular flexibility index (Phi) is 8.97. The number of carbonyl (C=O) groups excluding carboxylic acids is 1. The Balaban J connectivity index is 1.50. The third kappa shape index (κ3) is 6.70. The molecule has 1 amide bonds. The van der Waals surface area contributed by atoms with Gasteiger partial charge in [-0.2, -0.15) is 5.26 Å². The molecule has 5 nitrogen and oxygen atoms in total. The fourth-order valence-electron chi connectivity index (χ4n) is 4.05. The van der Waals surface area contributed by atoms with E-state index in [4.69, 9.17) is 9.47 Å². The van der Waals surface area contributed by atoms with E-state index < -0.39 is 5.91 Å². The number of hydrogen-bond acceptors (Lipinski definition) is 4. The van der Waals surface area contributed by atoms with E-state index in [1.165, 1.54) is 5.39 Å². The topological polar surface area (TPSA) is 71.4 Å². The van der Waals surface area contributed by atoms with E-state index in [0.29, 0.717) is 30.9 Å². The quantitative estimate of drug-likeness (QED) is 0.126. The van der Waals surface area contributed by atoms with Crippen LogP contribution in [-0.2, 0) is 24.4 Å². The lowest BCUT2D eigenvalue weighted by Crippen LogP contribution is -2.23. The molecule has 0 unspecified atom stereocenters. The first kappa shape index (κ1) is 26.7. The maximum absolute atomic E-state index is 12.7. The van der Waals surface area contributed by atoms with Crippen molar-refractivity contribution < 1.29 is 14.3 Å². The molecule has 0 spiro atoms. The molecule has 0 heterocycles. The lowest BCUT2D eigenvalue weighted by molar-refractivity contribution is -0.117. The Bertz CT molecular complexity index is 1540. The van der Waals surface area contributed by atoms with Crippen LogP contribution in [0.1, 0.15) is 22.3 Å². The zero-order valence-electron chi connectivity index (χ0n) is 21.0. The van der Waals surface area contributed by atoms with Gasteiger partial charge in [0.25, 0.3) is 5.91 Å². The molecule has 0 aliphatic carbocycles. The number of methoxy groups -OCH3 is 1. The number of halogens is 1. The van der Waals surface area contributed by atoms with Crippen molar-refractivity contribution >= 4 is 38.7 Å². The minimum Gasteiger partial charge on any atom is -0.497 e. The van der Waals surface area contributed by atoms with Crippen LogP contribution in [0.25, 0.3) is 16.8 Å². The third-order valence-electron chi connectivity index (χ3n) is 5.99. The summed E-state index contributed by atoms with van der Waals surface area (Å²) >= 11 is 3.62. The molecule has 0 radical (unpaired) electrons. The van der Waals surface area contributed by atoms with Gasteiger partial charge in [-0.25, -0.2) is 0 Å². The molecule has 4 aromatic carbocycles. The van der Waals surface area contributed by atoms with Gasteiger partial charge in [0.05, 0.1) is 11.6 Å². The van der Waals surface area contributed by atoms with E-state index in [1.807, 2.05) is 54.6 Å². The maximum atomic E-state index is 12.7. The smallest absolute Gasteiger partial charge is 0.262 e. The molecule has 0 saturated carbocycles. The van der Waals surface area contributed by atoms with Gasteiger partial charge < -0.3 is 14.8 Å². The van der Waals surface area contributed by atoms with Crippen molar-refractivity contribution in [3.05, 3.63) is 124 Å². The first-order valence-electron chi connectivity index (χ1n) is 12.1. The summed E-state index contributed by atoms with van der Waals surface area (Å²) in [7, 11) is 1.60. The van der Waals surface area contributed by atoms with Crippen LogP contribution in [0.3, 0.4) is 0 Å². The number of nitrogens with zero attached hydrogens (tertiary/aromatic N) is 1. The van der Waals surface area contributed by atoms with Crippen LogP contribution >= 0.6 is 15.9 Å². The van der Waals surface area contributed by atoms with Crippen LogP contribution in [0.5, 0.6) is 11.5 Å². The summed E-state index contributed by atoms with van der Waals surface area (Å²) < 4.78 is 12.1. The van der Waals surface area contributed by atoms with Crippen molar-refractivity contribution in [2.75, 3.05) is 7.11 Å². The number of amides is 1. The second-order valence-corrected chi connectivity index (χ2v) is 9.51. The summed E-state index contributed by atoms with van der Waals surface area (Å²) in [6.07, 6.45) is 3.94. The van der Waals surface area contributed by atoms with Crippen LogP contribution in [0, 0.1) is 11.3 Å². The van der Waals surface area contributed by atoms with Crippen LogP contribution < -0.4 is 14.8 Å². The van der Waals surface area contributed by atoms with Gasteiger partial charge in [0, 0.05) is 6.54 Å². The molecule has 0 aromatic heterocycles. The van der Waals surface area contributed by atoms with Crippen LogP contribution in [0.4, 0.5) is 0 Å². The molecule has 0 aliphatic heterocycles. The van der Waals surface area contributed by atoms with Crippen molar-refractivity contribution in [3.63, 3.8) is 0 Å². The first-order chi connectivity index (χ1) is 18.5. The summed E-state index contributed by atoms with van der Waals surface area (Å²) in [6, 6.07) is 27.6. The van der Waals surface area contributed by atoms with Gasteiger partial charge in [0.1, 0.15) is 29.7 Å². The monoisotopic (exact) mass is 566 g/mol. The Morgan fingerprint density at radius 2 is 1.76 bits per heavy atom. The lowest BCUT2D eigenvalue weighted by Gasteiger charge is -2.14. The largest absolute Gasteiger partial charge is 0.497 e. The summed E-state index contributed by atoms with van der Waals surface area (Å²) in [5.74, 6) is 1.00. The molecule has 38 heavy (non-hydrogen) atoms. The number of ether oxygens (including phenoxy) is 2. The molecule has 1 N–H and O–H groups in total. The highest BCUT2D eigenvalue weighted by atomic mass is 79.9. The average Bonchev–Trinajstić information content (AvgIpc) is 2.94. The fraction of sp³-hybridized carbons (Fsp3) is 0.125. The fourth-order valence-corrected chi connectivity index (χ4v) is 4.68. The zero-order valence-corrected chi connectivity index (χ0v) is 22.6. The van der Waals surface area contributed by atoms with E-state index in [9.17, 15) is 10.1 Å².